The normalized spacial score (nSPS) is 27.8. The Hall–Kier alpha value is -1.75. The van der Waals surface area contributed by atoms with Crippen LogP contribution < -0.4 is 4.74 Å². The SMILES string of the molecule is CC1(C)C[C@]2(CCO1)Oc1ccccc1[C@H]1CC(c3ccc(Cl)cc3Cl)=NN12. The standard InChI is InChI=1S/C22H22Cl2N2O2/c1-21(2)13-22(9-10-27-21)26-19(16-5-3-4-6-20(16)28-22)12-18(25-26)15-8-7-14(23)11-17(15)24/h3-8,11,19H,9-10,12-13H2,1-2H3/t19-,22+/m1/s1. The summed E-state index contributed by atoms with van der Waals surface area (Å²) in [7, 11) is 0. The number of benzene rings is 2. The fraction of sp³-hybridized carbons (Fsp3) is 0.409. The van der Waals surface area contributed by atoms with Crippen molar-refractivity contribution in [2.24, 2.45) is 5.10 Å². The number of para-hydroxylation sites is 1. The Bertz CT molecular complexity index is 975. The molecule has 0 radical (unpaired) electrons. The van der Waals surface area contributed by atoms with Gasteiger partial charge in [0.05, 0.1) is 29.0 Å². The highest BCUT2D eigenvalue weighted by Crippen LogP contribution is 2.52. The molecule has 0 unspecified atom stereocenters. The van der Waals surface area contributed by atoms with Crippen molar-refractivity contribution in [1.29, 1.82) is 0 Å². The van der Waals surface area contributed by atoms with Crippen LogP contribution in [0.25, 0.3) is 0 Å². The van der Waals surface area contributed by atoms with Crippen molar-refractivity contribution in [3.05, 3.63) is 63.6 Å². The number of halogens is 2. The first-order valence-corrected chi connectivity index (χ1v) is 10.4. The van der Waals surface area contributed by atoms with Crippen molar-refractivity contribution in [1.82, 2.24) is 5.01 Å². The number of hydrazone groups is 1. The first-order valence-electron chi connectivity index (χ1n) is 9.61. The van der Waals surface area contributed by atoms with Crippen molar-refractivity contribution in [3.8, 4) is 5.75 Å². The Morgan fingerprint density at radius 1 is 1.14 bits per heavy atom. The van der Waals surface area contributed by atoms with Crippen LogP contribution in [0.4, 0.5) is 0 Å². The highest BCUT2D eigenvalue weighted by atomic mass is 35.5. The zero-order chi connectivity index (χ0) is 19.5. The van der Waals surface area contributed by atoms with Crippen LogP contribution >= 0.6 is 23.2 Å². The second-order valence-corrected chi connectivity index (χ2v) is 9.20. The molecule has 2 aromatic carbocycles. The van der Waals surface area contributed by atoms with Crippen molar-refractivity contribution in [2.45, 2.75) is 50.5 Å². The topological polar surface area (TPSA) is 34.1 Å². The molecular weight excluding hydrogens is 395 g/mol. The summed E-state index contributed by atoms with van der Waals surface area (Å²) < 4.78 is 12.6. The summed E-state index contributed by atoms with van der Waals surface area (Å²) in [6, 6.07) is 14.0. The van der Waals surface area contributed by atoms with Crippen LogP contribution in [0.15, 0.2) is 47.6 Å². The number of nitrogens with zero attached hydrogens (tertiary/aromatic N) is 2. The van der Waals surface area contributed by atoms with Gasteiger partial charge in [0.2, 0.25) is 5.72 Å². The van der Waals surface area contributed by atoms with E-state index < -0.39 is 5.72 Å². The number of rotatable bonds is 1. The molecule has 2 aromatic rings. The first kappa shape index (κ1) is 18.3. The second kappa shape index (κ2) is 6.38. The maximum atomic E-state index is 6.63. The van der Waals surface area contributed by atoms with Crippen LogP contribution in [0, 0.1) is 0 Å². The van der Waals surface area contributed by atoms with E-state index in [2.05, 4.69) is 37.1 Å². The number of hydrogen-bond acceptors (Lipinski definition) is 4. The van der Waals surface area contributed by atoms with Gasteiger partial charge in [-0.3, -0.25) is 0 Å². The molecule has 0 aliphatic carbocycles. The maximum absolute atomic E-state index is 6.63. The molecule has 0 N–H and O–H groups in total. The van der Waals surface area contributed by atoms with Crippen molar-refractivity contribution in [3.63, 3.8) is 0 Å². The van der Waals surface area contributed by atoms with E-state index in [1.54, 1.807) is 6.07 Å². The third-order valence-electron chi connectivity index (χ3n) is 5.84. The minimum Gasteiger partial charge on any atom is -0.466 e. The molecule has 2 atom stereocenters. The molecule has 1 spiro atoms. The van der Waals surface area contributed by atoms with Gasteiger partial charge in [-0.05, 0) is 32.0 Å². The zero-order valence-corrected chi connectivity index (χ0v) is 17.4. The molecule has 6 heteroatoms. The largest absolute Gasteiger partial charge is 0.466 e. The van der Waals surface area contributed by atoms with E-state index in [0.717, 1.165) is 36.3 Å². The minimum absolute atomic E-state index is 0.126. The third kappa shape index (κ3) is 2.90. The van der Waals surface area contributed by atoms with E-state index in [-0.39, 0.29) is 11.6 Å². The van der Waals surface area contributed by atoms with E-state index in [0.29, 0.717) is 16.7 Å². The Morgan fingerprint density at radius 3 is 2.75 bits per heavy atom. The molecule has 0 saturated carbocycles. The third-order valence-corrected chi connectivity index (χ3v) is 6.38. The Balaban J connectivity index is 1.62. The molecular formula is C22H22Cl2N2O2. The molecule has 5 rings (SSSR count). The van der Waals surface area contributed by atoms with E-state index in [1.807, 2.05) is 18.2 Å². The highest BCUT2D eigenvalue weighted by Gasteiger charge is 2.54. The number of fused-ring (bicyclic) bond motifs is 4. The predicted octanol–water partition coefficient (Wildman–Crippen LogP) is 5.82. The van der Waals surface area contributed by atoms with Gasteiger partial charge < -0.3 is 9.47 Å². The summed E-state index contributed by atoms with van der Waals surface area (Å²) in [5.74, 6) is 0.945. The van der Waals surface area contributed by atoms with E-state index >= 15 is 0 Å². The van der Waals surface area contributed by atoms with Gasteiger partial charge in [0.1, 0.15) is 5.75 Å². The van der Waals surface area contributed by atoms with Crippen molar-refractivity contribution < 1.29 is 9.47 Å². The van der Waals surface area contributed by atoms with Gasteiger partial charge in [-0.2, -0.15) is 5.10 Å². The lowest BCUT2D eigenvalue weighted by atomic mass is 9.86. The van der Waals surface area contributed by atoms with E-state index in [4.69, 9.17) is 37.8 Å². The average molecular weight is 417 g/mol. The van der Waals surface area contributed by atoms with Crippen molar-refractivity contribution in [2.75, 3.05) is 6.61 Å². The van der Waals surface area contributed by atoms with Gasteiger partial charge in [0.15, 0.2) is 0 Å². The molecule has 1 saturated heterocycles. The summed E-state index contributed by atoms with van der Waals surface area (Å²) in [6.45, 7) is 4.87. The lowest BCUT2D eigenvalue weighted by Crippen LogP contribution is -2.60. The summed E-state index contributed by atoms with van der Waals surface area (Å²) in [4.78, 5) is 0. The van der Waals surface area contributed by atoms with E-state index in [1.165, 1.54) is 5.56 Å². The molecule has 3 aliphatic rings. The minimum atomic E-state index is -0.512. The molecule has 0 amide bonds. The quantitative estimate of drug-likeness (QED) is 0.586. The van der Waals surface area contributed by atoms with Gasteiger partial charge in [-0.25, -0.2) is 5.01 Å². The Labute approximate surface area is 175 Å². The molecule has 0 bridgehead atoms. The lowest BCUT2D eigenvalue weighted by Gasteiger charge is -2.52. The summed E-state index contributed by atoms with van der Waals surface area (Å²) in [6.07, 6.45) is 2.30. The first-order chi connectivity index (χ1) is 13.4. The fourth-order valence-electron chi connectivity index (χ4n) is 4.69. The summed E-state index contributed by atoms with van der Waals surface area (Å²) >= 11 is 12.6. The molecule has 146 valence electrons. The van der Waals surface area contributed by atoms with Crippen LogP contribution in [0.3, 0.4) is 0 Å². The maximum Gasteiger partial charge on any atom is 0.203 e. The monoisotopic (exact) mass is 416 g/mol. The van der Waals surface area contributed by atoms with Crippen LogP contribution in [-0.4, -0.2) is 28.7 Å². The molecule has 0 aromatic heterocycles. The van der Waals surface area contributed by atoms with Gasteiger partial charge in [0.25, 0.3) is 0 Å². The summed E-state index contributed by atoms with van der Waals surface area (Å²) in [5, 5.41) is 8.47. The van der Waals surface area contributed by atoms with Gasteiger partial charge >= 0.3 is 0 Å². The molecule has 3 heterocycles. The van der Waals surface area contributed by atoms with Gasteiger partial charge in [-0.1, -0.05) is 47.5 Å². The summed E-state index contributed by atoms with van der Waals surface area (Å²) in [5.41, 5.74) is 2.28. The van der Waals surface area contributed by atoms with Crippen LogP contribution in [0.2, 0.25) is 10.0 Å². The molecule has 28 heavy (non-hydrogen) atoms. The lowest BCUT2D eigenvalue weighted by molar-refractivity contribution is -0.212. The van der Waals surface area contributed by atoms with Crippen LogP contribution in [0.1, 0.15) is 50.3 Å². The second-order valence-electron chi connectivity index (χ2n) is 8.36. The Morgan fingerprint density at radius 2 is 1.96 bits per heavy atom. The van der Waals surface area contributed by atoms with E-state index in [9.17, 15) is 0 Å². The number of hydrogen-bond donors (Lipinski definition) is 0. The Kier molecular flexibility index (Phi) is 4.17. The molecule has 1 fully saturated rings. The highest BCUT2D eigenvalue weighted by molar-refractivity contribution is 6.37. The molecule has 3 aliphatic heterocycles. The van der Waals surface area contributed by atoms with Crippen molar-refractivity contribution >= 4 is 28.9 Å². The fourth-order valence-corrected chi connectivity index (χ4v) is 5.21. The van der Waals surface area contributed by atoms with Gasteiger partial charge in [0, 0.05) is 35.4 Å². The molecule has 4 nitrogen and oxygen atoms in total. The van der Waals surface area contributed by atoms with Crippen LogP contribution in [0.5, 0.6) is 5.75 Å². The predicted molar refractivity (Wildman–Crippen MR) is 111 cm³/mol. The number of ether oxygens (including phenoxy) is 2. The average Bonchev–Trinajstić information content (AvgIpc) is 3.07. The smallest absolute Gasteiger partial charge is 0.203 e. The van der Waals surface area contributed by atoms with Gasteiger partial charge in [-0.15, -0.1) is 0 Å². The zero-order valence-electron chi connectivity index (χ0n) is 15.9. The van der Waals surface area contributed by atoms with Crippen LogP contribution in [-0.2, 0) is 4.74 Å².